The number of benzene rings is 1. The molecular weight excluding hydrogens is 378 g/mol. The van der Waals surface area contributed by atoms with Gasteiger partial charge < -0.3 is 15.4 Å². The highest BCUT2D eigenvalue weighted by Crippen LogP contribution is 2.42. The first-order chi connectivity index (χ1) is 13.7. The van der Waals surface area contributed by atoms with Crippen molar-refractivity contribution in [2.24, 2.45) is 5.92 Å². The number of esters is 1. The van der Waals surface area contributed by atoms with Crippen LogP contribution in [0.3, 0.4) is 0 Å². The standard InChI is InChI=1S/C20H21N3O6/c1-10-13-7-11(3-6-14(13)21-17(10)26)15(24)9-29-16(25)8-23-18(27)20(2,12-4-5-12)22-19(23)28/h3,6-7,10,12H,4-5,8-9H2,1-2H3,(H,21,26)(H,22,28)/t10-,20-/m1/s1. The van der Waals surface area contributed by atoms with Crippen LogP contribution in [0.4, 0.5) is 10.5 Å². The summed E-state index contributed by atoms with van der Waals surface area (Å²) in [7, 11) is 0. The lowest BCUT2D eigenvalue weighted by atomic mass is 9.96. The molecule has 1 aromatic carbocycles. The van der Waals surface area contributed by atoms with Crippen LogP contribution in [-0.2, 0) is 19.1 Å². The minimum atomic E-state index is -0.972. The molecule has 2 fully saturated rings. The van der Waals surface area contributed by atoms with E-state index in [2.05, 4.69) is 10.6 Å². The lowest BCUT2D eigenvalue weighted by molar-refractivity contribution is -0.146. The van der Waals surface area contributed by atoms with E-state index in [1.807, 2.05) is 0 Å². The molecule has 0 aromatic heterocycles. The normalized spacial score (nSPS) is 25.5. The number of urea groups is 1. The zero-order valence-corrected chi connectivity index (χ0v) is 16.1. The molecule has 4 amide bonds. The van der Waals surface area contributed by atoms with Crippen LogP contribution < -0.4 is 10.6 Å². The monoisotopic (exact) mass is 399 g/mol. The smallest absolute Gasteiger partial charge is 0.326 e. The van der Waals surface area contributed by atoms with Crippen LogP contribution >= 0.6 is 0 Å². The predicted molar refractivity (Wildman–Crippen MR) is 100 cm³/mol. The molecule has 1 saturated heterocycles. The van der Waals surface area contributed by atoms with Gasteiger partial charge in [-0.2, -0.15) is 0 Å². The summed E-state index contributed by atoms with van der Waals surface area (Å²) in [5.41, 5.74) is 0.718. The number of rotatable bonds is 6. The molecular formula is C20H21N3O6. The predicted octanol–water partition coefficient (Wildman–Crippen LogP) is 1.19. The van der Waals surface area contributed by atoms with E-state index in [1.165, 1.54) is 0 Å². The van der Waals surface area contributed by atoms with E-state index in [-0.39, 0.29) is 17.7 Å². The van der Waals surface area contributed by atoms with Gasteiger partial charge in [-0.15, -0.1) is 0 Å². The molecule has 2 atom stereocenters. The molecule has 0 spiro atoms. The quantitative estimate of drug-likeness (QED) is 0.421. The summed E-state index contributed by atoms with van der Waals surface area (Å²) in [6, 6.07) is 4.16. The third kappa shape index (κ3) is 3.26. The first-order valence-electron chi connectivity index (χ1n) is 9.48. The largest absolute Gasteiger partial charge is 0.456 e. The number of ether oxygens (including phenoxy) is 1. The molecule has 29 heavy (non-hydrogen) atoms. The number of carbonyl (C=O) groups excluding carboxylic acids is 5. The zero-order chi connectivity index (χ0) is 20.9. The van der Waals surface area contributed by atoms with Gasteiger partial charge in [0.15, 0.2) is 12.4 Å². The van der Waals surface area contributed by atoms with Gasteiger partial charge in [-0.05, 0) is 56.4 Å². The van der Waals surface area contributed by atoms with Crippen LogP contribution in [0.5, 0.6) is 0 Å². The molecule has 0 unspecified atom stereocenters. The van der Waals surface area contributed by atoms with Crippen LogP contribution in [0, 0.1) is 5.92 Å². The maximum absolute atomic E-state index is 12.5. The third-order valence-electron chi connectivity index (χ3n) is 5.84. The first-order valence-corrected chi connectivity index (χ1v) is 9.48. The summed E-state index contributed by atoms with van der Waals surface area (Å²) in [5.74, 6) is -2.13. The number of nitrogens with zero attached hydrogens (tertiary/aromatic N) is 1. The highest BCUT2D eigenvalue weighted by molar-refractivity contribution is 6.09. The molecule has 1 aliphatic carbocycles. The van der Waals surface area contributed by atoms with E-state index in [0.717, 1.165) is 17.7 Å². The van der Waals surface area contributed by atoms with E-state index in [0.29, 0.717) is 16.8 Å². The topological polar surface area (TPSA) is 122 Å². The molecule has 0 radical (unpaired) electrons. The Kier molecular flexibility index (Phi) is 4.40. The van der Waals surface area contributed by atoms with Crippen molar-refractivity contribution in [2.75, 3.05) is 18.5 Å². The number of imide groups is 1. The van der Waals surface area contributed by atoms with Crippen molar-refractivity contribution in [3.8, 4) is 0 Å². The summed E-state index contributed by atoms with van der Waals surface area (Å²) < 4.78 is 4.98. The van der Waals surface area contributed by atoms with Gasteiger partial charge in [-0.25, -0.2) is 4.79 Å². The zero-order valence-electron chi connectivity index (χ0n) is 16.1. The highest BCUT2D eigenvalue weighted by atomic mass is 16.5. The van der Waals surface area contributed by atoms with Gasteiger partial charge in [0.05, 0.1) is 5.92 Å². The lowest BCUT2D eigenvalue weighted by Crippen LogP contribution is -2.46. The number of fused-ring (bicyclic) bond motifs is 1. The third-order valence-corrected chi connectivity index (χ3v) is 5.84. The molecule has 3 aliphatic rings. The number of ketones is 1. The Morgan fingerprint density at radius 1 is 1.24 bits per heavy atom. The van der Waals surface area contributed by atoms with Crippen LogP contribution in [0.25, 0.3) is 0 Å². The fourth-order valence-corrected chi connectivity index (χ4v) is 3.79. The van der Waals surface area contributed by atoms with Crippen LogP contribution in [-0.4, -0.2) is 53.2 Å². The Morgan fingerprint density at radius 3 is 2.66 bits per heavy atom. The van der Waals surface area contributed by atoms with Gasteiger partial charge in [0.2, 0.25) is 5.91 Å². The van der Waals surface area contributed by atoms with Crippen molar-refractivity contribution in [1.82, 2.24) is 10.2 Å². The van der Waals surface area contributed by atoms with Crippen molar-refractivity contribution in [3.05, 3.63) is 29.3 Å². The number of Topliss-reactive ketones (excluding diaryl/α,β-unsaturated/α-hetero) is 1. The van der Waals surface area contributed by atoms with Gasteiger partial charge in [0.25, 0.3) is 5.91 Å². The second-order valence-electron chi connectivity index (χ2n) is 7.89. The lowest BCUT2D eigenvalue weighted by Gasteiger charge is -2.20. The Morgan fingerprint density at radius 2 is 1.97 bits per heavy atom. The second kappa shape index (κ2) is 6.68. The van der Waals surface area contributed by atoms with E-state index < -0.39 is 42.4 Å². The van der Waals surface area contributed by atoms with Crippen molar-refractivity contribution >= 4 is 35.3 Å². The maximum Gasteiger partial charge on any atom is 0.326 e. The molecule has 4 rings (SSSR count). The summed E-state index contributed by atoms with van der Waals surface area (Å²) >= 11 is 0. The molecule has 2 aliphatic heterocycles. The molecule has 152 valence electrons. The van der Waals surface area contributed by atoms with Crippen LogP contribution in [0.15, 0.2) is 18.2 Å². The Balaban J connectivity index is 1.34. The van der Waals surface area contributed by atoms with Gasteiger partial charge in [0, 0.05) is 11.3 Å². The summed E-state index contributed by atoms with van der Waals surface area (Å²) in [6.45, 7) is 2.34. The van der Waals surface area contributed by atoms with Gasteiger partial charge >= 0.3 is 12.0 Å². The van der Waals surface area contributed by atoms with E-state index in [9.17, 15) is 24.0 Å². The summed E-state index contributed by atoms with van der Waals surface area (Å²) in [6.07, 6.45) is 1.71. The summed E-state index contributed by atoms with van der Waals surface area (Å²) in [5, 5.41) is 5.37. The average Bonchev–Trinajstić information content (AvgIpc) is 3.47. The SMILES string of the molecule is C[C@H]1C(=O)Nc2ccc(C(=O)COC(=O)CN3C(=O)N[C@](C)(C4CC4)C3=O)cc21. The molecule has 1 saturated carbocycles. The number of nitrogens with one attached hydrogen (secondary N) is 2. The summed E-state index contributed by atoms with van der Waals surface area (Å²) in [4.78, 5) is 61.6. The number of carbonyl (C=O) groups is 5. The van der Waals surface area contributed by atoms with Crippen molar-refractivity contribution in [2.45, 2.75) is 38.1 Å². The van der Waals surface area contributed by atoms with Crippen molar-refractivity contribution < 1.29 is 28.7 Å². The van der Waals surface area contributed by atoms with Gasteiger partial charge in [-0.1, -0.05) is 0 Å². The average molecular weight is 399 g/mol. The number of anilines is 1. The molecule has 1 aromatic rings. The number of hydrogen-bond acceptors (Lipinski definition) is 6. The molecule has 9 nitrogen and oxygen atoms in total. The van der Waals surface area contributed by atoms with Gasteiger partial charge in [-0.3, -0.25) is 24.1 Å². The maximum atomic E-state index is 12.5. The van der Waals surface area contributed by atoms with E-state index >= 15 is 0 Å². The highest BCUT2D eigenvalue weighted by Gasteiger charge is 2.56. The minimum Gasteiger partial charge on any atom is -0.456 e. The molecule has 2 N–H and O–H groups in total. The molecule has 0 bridgehead atoms. The van der Waals surface area contributed by atoms with E-state index in [4.69, 9.17) is 4.74 Å². The number of hydrogen-bond donors (Lipinski definition) is 2. The fraction of sp³-hybridized carbons (Fsp3) is 0.450. The first kappa shape index (κ1) is 19.1. The van der Waals surface area contributed by atoms with Crippen LogP contribution in [0.2, 0.25) is 0 Å². The number of amides is 4. The fourth-order valence-electron chi connectivity index (χ4n) is 3.79. The molecule has 9 heteroatoms. The Hall–Kier alpha value is -3.23. The molecule has 2 heterocycles. The van der Waals surface area contributed by atoms with E-state index in [1.54, 1.807) is 32.0 Å². The Labute approximate surface area is 166 Å². The Bertz CT molecular complexity index is 954. The van der Waals surface area contributed by atoms with Crippen molar-refractivity contribution in [1.29, 1.82) is 0 Å². The minimum absolute atomic E-state index is 0.0881. The van der Waals surface area contributed by atoms with Gasteiger partial charge in [0.1, 0.15) is 12.1 Å². The second-order valence-corrected chi connectivity index (χ2v) is 7.89. The van der Waals surface area contributed by atoms with Crippen LogP contribution in [0.1, 0.15) is 48.5 Å². The van der Waals surface area contributed by atoms with Crippen molar-refractivity contribution in [3.63, 3.8) is 0 Å².